The normalized spacial score (nSPS) is 12.6. The van der Waals surface area contributed by atoms with E-state index in [0.717, 1.165) is 23.4 Å². The molecule has 0 spiro atoms. The molecule has 0 fully saturated rings. The molecule has 2 aromatic carbocycles. The predicted octanol–water partition coefficient (Wildman–Crippen LogP) is 2.73. The number of ether oxygens (including phenoxy) is 2. The lowest BCUT2D eigenvalue weighted by molar-refractivity contribution is -0.113. The number of aromatic nitrogens is 4. The molecule has 1 amide bonds. The van der Waals surface area contributed by atoms with Crippen LogP contribution in [-0.4, -0.2) is 45.1 Å². The Morgan fingerprint density at radius 1 is 1.18 bits per heavy atom. The van der Waals surface area contributed by atoms with Crippen molar-refractivity contribution < 1.29 is 14.3 Å². The van der Waals surface area contributed by atoms with Gasteiger partial charge in [0.2, 0.25) is 11.1 Å². The van der Waals surface area contributed by atoms with Crippen molar-refractivity contribution in [2.45, 2.75) is 18.5 Å². The molecule has 0 saturated carbocycles. The highest BCUT2D eigenvalue weighted by Gasteiger charge is 2.16. The van der Waals surface area contributed by atoms with Gasteiger partial charge in [-0.05, 0) is 40.6 Å². The van der Waals surface area contributed by atoms with E-state index in [1.165, 1.54) is 11.8 Å². The monoisotopic (exact) mass is 397 g/mol. The van der Waals surface area contributed by atoms with Crippen LogP contribution in [0, 0.1) is 0 Å². The fourth-order valence-electron chi connectivity index (χ4n) is 2.86. The highest BCUT2D eigenvalue weighted by molar-refractivity contribution is 7.99. The topological polar surface area (TPSA) is 91.2 Å². The van der Waals surface area contributed by atoms with Gasteiger partial charge in [0.15, 0.2) is 11.5 Å². The molecular formula is C19H19N5O3S. The van der Waals surface area contributed by atoms with E-state index in [4.69, 9.17) is 9.47 Å². The number of benzene rings is 2. The van der Waals surface area contributed by atoms with Crippen LogP contribution < -0.4 is 14.8 Å². The minimum absolute atomic E-state index is 0.109. The van der Waals surface area contributed by atoms with Gasteiger partial charge in [0.05, 0.1) is 11.4 Å². The number of anilines is 1. The largest absolute Gasteiger partial charge is 0.486 e. The summed E-state index contributed by atoms with van der Waals surface area (Å²) in [5.74, 6) is 1.45. The summed E-state index contributed by atoms with van der Waals surface area (Å²) in [5, 5.41) is 15.3. The number of aryl methyl sites for hydroxylation is 1. The maximum absolute atomic E-state index is 12.4. The van der Waals surface area contributed by atoms with Gasteiger partial charge in [-0.1, -0.05) is 36.9 Å². The van der Waals surface area contributed by atoms with E-state index < -0.39 is 0 Å². The third-order valence-corrected chi connectivity index (χ3v) is 5.14. The second-order valence-electron chi connectivity index (χ2n) is 6.05. The minimum Gasteiger partial charge on any atom is -0.486 e. The molecule has 28 heavy (non-hydrogen) atoms. The van der Waals surface area contributed by atoms with Crippen molar-refractivity contribution in [3.8, 4) is 17.2 Å². The summed E-state index contributed by atoms with van der Waals surface area (Å²) in [7, 11) is 0. The summed E-state index contributed by atoms with van der Waals surface area (Å²) in [4.78, 5) is 12.4. The molecule has 0 bridgehead atoms. The van der Waals surface area contributed by atoms with Crippen molar-refractivity contribution in [1.82, 2.24) is 20.2 Å². The standard InChI is InChI=1S/C19H19N5O3S/c1-2-13-5-3-4-6-15(13)20-18(25)12-28-19-21-22-23-24(19)14-7-8-16-17(11-14)27-10-9-26-16/h3-8,11H,2,9-10,12H2,1H3,(H,20,25). The second-order valence-corrected chi connectivity index (χ2v) is 6.99. The maximum Gasteiger partial charge on any atom is 0.234 e. The average molecular weight is 397 g/mol. The molecule has 9 heteroatoms. The Morgan fingerprint density at radius 3 is 2.86 bits per heavy atom. The summed E-state index contributed by atoms with van der Waals surface area (Å²) in [6.07, 6.45) is 0.853. The number of nitrogens with one attached hydrogen (secondary N) is 1. The Bertz CT molecular complexity index is 991. The maximum atomic E-state index is 12.4. The Kier molecular flexibility index (Phi) is 5.43. The third-order valence-electron chi connectivity index (χ3n) is 4.22. The molecule has 2 heterocycles. The number of fused-ring (bicyclic) bond motifs is 1. The fourth-order valence-corrected chi connectivity index (χ4v) is 3.55. The predicted molar refractivity (Wildman–Crippen MR) is 105 cm³/mol. The molecule has 0 saturated heterocycles. The first-order chi connectivity index (χ1) is 13.7. The zero-order valence-electron chi connectivity index (χ0n) is 15.3. The number of tetrazole rings is 1. The number of rotatable bonds is 6. The summed E-state index contributed by atoms with van der Waals surface area (Å²) in [6, 6.07) is 13.3. The molecule has 1 N–H and O–H groups in total. The molecule has 0 unspecified atom stereocenters. The SMILES string of the molecule is CCc1ccccc1NC(=O)CSc1nnnn1-c1ccc2c(c1)OCCO2. The fraction of sp³-hybridized carbons (Fsp3) is 0.263. The van der Waals surface area contributed by atoms with Crippen molar-refractivity contribution in [2.75, 3.05) is 24.3 Å². The van der Waals surface area contributed by atoms with E-state index in [9.17, 15) is 4.79 Å². The average Bonchev–Trinajstić information content (AvgIpc) is 3.21. The van der Waals surface area contributed by atoms with Gasteiger partial charge in [0, 0.05) is 11.8 Å². The summed E-state index contributed by atoms with van der Waals surface area (Å²) >= 11 is 1.27. The molecule has 0 atom stereocenters. The Labute approximate surface area is 166 Å². The highest BCUT2D eigenvalue weighted by Crippen LogP contribution is 2.32. The lowest BCUT2D eigenvalue weighted by Gasteiger charge is -2.18. The number of carbonyl (C=O) groups excluding carboxylic acids is 1. The summed E-state index contributed by atoms with van der Waals surface area (Å²) in [5.41, 5.74) is 2.68. The number of amides is 1. The number of nitrogens with zero attached hydrogens (tertiary/aromatic N) is 4. The van der Waals surface area contributed by atoms with E-state index in [1.807, 2.05) is 42.5 Å². The third kappa shape index (κ3) is 3.94. The number of thioether (sulfide) groups is 1. The van der Waals surface area contributed by atoms with Crippen LogP contribution in [-0.2, 0) is 11.2 Å². The van der Waals surface area contributed by atoms with Gasteiger partial charge in [-0.25, -0.2) is 0 Å². The number of hydrogen-bond donors (Lipinski definition) is 1. The van der Waals surface area contributed by atoms with Gasteiger partial charge in [-0.2, -0.15) is 4.68 Å². The van der Waals surface area contributed by atoms with Crippen LogP contribution in [0.15, 0.2) is 47.6 Å². The first kappa shape index (κ1) is 18.3. The molecule has 0 aliphatic carbocycles. The first-order valence-corrected chi connectivity index (χ1v) is 9.92. The van der Waals surface area contributed by atoms with Crippen molar-refractivity contribution in [2.24, 2.45) is 0 Å². The van der Waals surface area contributed by atoms with E-state index in [2.05, 4.69) is 27.8 Å². The van der Waals surface area contributed by atoms with Crippen molar-refractivity contribution >= 4 is 23.4 Å². The van der Waals surface area contributed by atoms with E-state index >= 15 is 0 Å². The van der Waals surface area contributed by atoms with E-state index in [-0.39, 0.29) is 11.7 Å². The summed E-state index contributed by atoms with van der Waals surface area (Å²) < 4.78 is 12.7. The molecular weight excluding hydrogens is 378 g/mol. The molecule has 4 rings (SSSR count). The zero-order chi connectivity index (χ0) is 19.3. The van der Waals surface area contributed by atoms with Gasteiger partial charge < -0.3 is 14.8 Å². The second kappa shape index (κ2) is 8.30. The summed E-state index contributed by atoms with van der Waals surface area (Å²) in [6.45, 7) is 3.10. The zero-order valence-corrected chi connectivity index (χ0v) is 16.1. The smallest absolute Gasteiger partial charge is 0.234 e. The quantitative estimate of drug-likeness (QED) is 0.640. The molecule has 8 nitrogen and oxygen atoms in total. The van der Waals surface area contributed by atoms with Crippen LogP contribution in [0.2, 0.25) is 0 Å². The van der Waals surface area contributed by atoms with Gasteiger partial charge >= 0.3 is 0 Å². The minimum atomic E-state index is -0.109. The number of carbonyl (C=O) groups is 1. The van der Waals surface area contributed by atoms with Crippen LogP contribution in [0.4, 0.5) is 5.69 Å². The lowest BCUT2D eigenvalue weighted by Crippen LogP contribution is -2.16. The van der Waals surface area contributed by atoms with Gasteiger partial charge in [-0.3, -0.25) is 4.79 Å². The molecule has 1 aromatic heterocycles. The van der Waals surface area contributed by atoms with Crippen LogP contribution in [0.25, 0.3) is 5.69 Å². The van der Waals surface area contributed by atoms with Crippen molar-refractivity contribution in [3.63, 3.8) is 0 Å². The Hall–Kier alpha value is -3.07. The van der Waals surface area contributed by atoms with Crippen molar-refractivity contribution in [3.05, 3.63) is 48.0 Å². The number of hydrogen-bond acceptors (Lipinski definition) is 7. The first-order valence-electron chi connectivity index (χ1n) is 8.93. The molecule has 0 radical (unpaired) electrons. The highest BCUT2D eigenvalue weighted by atomic mass is 32.2. The van der Waals surface area contributed by atoms with Gasteiger partial charge in [-0.15, -0.1) is 5.10 Å². The van der Waals surface area contributed by atoms with Gasteiger partial charge in [0.25, 0.3) is 0 Å². The van der Waals surface area contributed by atoms with Crippen LogP contribution >= 0.6 is 11.8 Å². The molecule has 3 aromatic rings. The van der Waals surface area contributed by atoms with Crippen molar-refractivity contribution in [1.29, 1.82) is 0 Å². The Morgan fingerprint density at radius 2 is 2.00 bits per heavy atom. The molecule has 1 aliphatic rings. The van der Waals surface area contributed by atoms with Crippen LogP contribution in [0.1, 0.15) is 12.5 Å². The Balaban J connectivity index is 1.44. The van der Waals surface area contributed by atoms with E-state index in [0.29, 0.717) is 29.9 Å². The van der Waals surface area contributed by atoms with E-state index in [1.54, 1.807) is 4.68 Å². The molecule has 144 valence electrons. The van der Waals surface area contributed by atoms with Crippen LogP contribution in [0.5, 0.6) is 11.5 Å². The molecule has 1 aliphatic heterocycles. The van der Waals surface area contributed by atoms with Gasteiger partial charge in [0.1, 0.15) is 13.2 Å². The van der Waals surface area contributed by atoms with Crippen LogP contribution in [0.3, 0.4) is 0 Å². The lowest BCUT2D eigenvalue weighted by atomic mass is 10.1. The number of para-hydroxylation sites is 1.